The maximum absolute atomic E-state index is 12.9. The molecule has 1 fully saturated rings. The predicted octanol–water partition coefficient (Wildman–Crippen LogP) is 1.09. The zero-order valence-electron chi connectivity index (χ0n) is 8.77. The second kappa shape index (κ2) is 3.71. The number of nitrogens with one attached hydrogen (secondary N) is 1. The Morgan fingerprint density at radius 1 is 1.50 bits per heavy atom. The number of nitrogen functional groups attached to an aromatic ring is 1. The van der Waals surface area contributed by atoms with Crippen molar-refractivity contribution in [1.29, 1.82) is 0 Å². The largest absolute Gasteiger partial charge is 0.396 e. The molecule has 1 saturated carbocycles. The third-order valence-electron chi connectivity index (χ3n) is 2.69. The Bertz CT molecular complexity index is 516. The average Bonchev–Trinajstić information content (AvgIpc) is 2.85. The first-order valence-corrected chi connectivity index (χ1v) is 6.46. The first-order valence-electron chi connectivity index (χ1n) is 4.97. The lowest BCUT2D eigenvalue weighted by molar-refractivity contribution is 0.577. The summed E-state index contributed by atoms with van der Waals surface area (Å²) in [4.78, 5) is 0.00509. The predicted molar refractivity (Wildman–Crippen MR) is 58.7 cm³/mol. The molecular weight excluding hydrogens is 231 g/mol. The first kappa shape index (κ1) is 11.3. The van der Waals surface area contributed by atoms with Gasteiger partial charge in [-0.3, -0.25) is 0 Å². The molecule has 2 atom stereocenters. The minimum atomic E-state index is -3.57. The first-order chi connectivity index (χ1) is 7.40. The van der Waals surface area contributed by atoms with Crippen LogP contribution in [0.2, 0.25) is 0 Å². The minimum absolute atomic E-state index is 0.00345. The molecule has 6 heteroatoms. The molecule has 3 N–H and O–H groups in total. The van der Waals surface area contributed by atoms with Crippen molar-refractivity contribution in [2.45, 2.75) is 24.3 Å². The van der Waals surface area contributed by atoms with Crippen LogP contribution in [-0.2, 0) is 10.0 Å². The third-order valence-corrected chi connectivity index (χ3v) is 4.18. The SMILES string of the molecule is CC1CC1NS(=O)(=O)c1ccc(F)c(N)c1. The fourth-order valence-electron chi connectivity index (χ4n) is 1.44. The van der Waals surface area contributed by atoms with Crippen LogP contribution in [0.1, 0.15) is 13.3 Å². The molecule has 1 aromatic rings. The molecule has 1 aliphatic rings. The Labute approximate surface area is 93.7 Å². The van der Waals surface area contributed by atoms with Crippen molar-refractivity contribution in [3.05, 3.63) is 24.0 Å². The number of hydrogen-bond acceptors (Lipinski definition) is 3. The molecule has 16 heavy (non-hydrogen) atoms. The summed E-state index contributed by atoms with van der Waals surface area (Å²) in [6.07, 6.45) is 0.843. The molecule has 2 unspecified atom stereocenters. The van der Waals surface area contributed by atoms with Gasteiger partial charge in [-0.1, -0.05) is 6.92 Å². The highest BCUT2D eigenvalue weighted by Crippen LogP contribution is 2.30. The molecule has 1 aromatic carbocycles. The highest BCUT2D eigenvalue weighted by molar-refractivity contribution is 7.89. The summed E-state index contributed by atoms with van der Waals surface area (Å²) >= 11 is 0. The van der Waals surface area contributed by atoms with E-state index in [-0.39, 0.29) is 16.6 Å². The zero-order chi connectivity index (χ0) is 11.9. The zero-order valence-corrected chi connectivity index (χ0v) is 9.59. The average molecular weight is 244 g/mol. The summed E-state index contributed by atoms with van der Waals surface area (Å²) in [6, 6.07) is 3.39. The number of sulfonamides is 1. The monoisotopic (exact) mass is 244 g/mol. The summed E-state index contributed by atoms with van der Waals surface area (Å²) < 4.78 is 39.0. The molecule has 0 amide bonds. The lowest BCUT2D eigenvalue weighted by Gasteiger charge is -2.06. The van der Waals surface area contributed by atoms with E-state index in [1.165, 1.54) is 6.07 Å². The number of halogens is 1. The Kier molecular flexibility index (Phi) is 2.63. The second-order valence-electron chi connectivity index (χ2n) is 4.12. The molecule has 0 aliphatic heterocycles. The summed E-state index contributed by atoms with van der Waals surface area (Å²) in [5.74, 6) is -0.244. The number of rotatable bonds is 3. The van der Waals surface area contributed by atoms with E-state index in [9.17, 15) is 12.8 Å². The Morgan fingerprint density at radius 2 is 2.12 bits per heavy atom. The van der Waals surface area contributed by atoms with Gasteiger partial charge in [0, 0.05) is 6.04 Å². The van der Waals surface area contributed by atoms with E-state index in [2.05, 4.69) is 4.72 Å². The molecular formula is C10H13FN2O2S. The van der Waals surface area contributed by atoms with Gasteiger partial charge in [0.1, 0.15) is 5.82 Å². The van der Waals surface area contributed by atoms with E-state index in [0.29, 0.717) is 5.92 Å². The van der Waals surface area contributed by atoms with Crippen molar-refractivity contribution < 1.29 is 12.8 Å². The standard InChI is InChI=1S/C10H13FN2O2S/c1-6-4-10(6)13-16(14,15)7-2-3-8(11)9(12)5-7/h2-3,5-6,10,13H,4,12H2,1H3. The van der Waals surface area contributed by atoms with Crippen LogP contribution in [0.4, 0.5) is 10.1 Å². The van der Waals surface area contributed by atoms with Gasteiger partial charge in [-0.2, -0.15) is 0 Å². The number of nitrogens with two attached hydrogens (primary N) is 1. The fourth-order valence-corrected chi connectivity index (χ4v) is 2.84. The van der Waals surface area contributed by atoms with Crippen molar-refractivity contribution in [2.75, 3.05) is 5.73 Å². The van der Waals surface area contributed by atoms with Gasteiger partial charge >= 0.3 is 0 Å². The van der Waals surface area contributed by atoms with Crippen LogP contribution in [0.25, 0.3) is 0 Å². The number of hydrogen-bond donors (Lipinski definition) is 2. The van der Waals surface area contributed by atoms with Crippen LogP contribution in [-0.4, -0.2) is 14.5 Å². The molecule has 1 aliphatic carbocycles. The fraction of sp³-hybridized carbons (Fsp3) is 0.400. The molecule has 0 spiro atoms. The van der Waals surface area contributed by atoms with Gasteiger partial charge in [-0.05, 0) is 30.5 Å². The van der Waals surface area contributed by atoms with Crippen molar-refractivity contribution in [2.24, 2.45) is 5.92 Å². The molecule has 4 nitrogen and oxygen atoms in total. The molecule has 0 aromatic heterocycles. The minimum Gasteiger partial charge on any atom is -0.396 e. The molecule has 88 valence electrons. The van der Waals surface area contributed by atoms with Crippen molar-refractivity contribution in [1.82, 2.24) is 4.72 Å². The molecule has 2 rings (SSSR count). The van der Waals surface area contributed by atoms with E-state index in [0.717, 1.165) is 18.6 Å². The topological polar surface area (TPSA) is 72.2 Å². The van der Waals surface area contributed by atoms with Crippen molar-refractivity contribution >= 4 is 15.7 Å². The van der Waals surface area contributed by atoms with Crippen LogP contribution in [0.15, 0.2) is 23.1 Å². The highest BCUT2D eigenvalue weighted by Gasteiger charge is 2.36. The van der Waals surface area contributed by atoms with Gasteiger partial charge in [-0.15, -0.1) is 0 Å². The van der Waals surface area contributed by atoms with E-state index in [4.69, 9.17) is 5.73 Å². The summed E-state index contributed by atoms with van der Waals surface area (Å²) in [7, 11) is -3.57. The summed E-state index contributed by atoms with van der Waals surface area (Å²) in [6.45, 7) is 1.96. The normalized spacial score (nSPS) is 24.4. The quantitative estimate of drug-likeness (QED) is 0.782. The molecule has 0 radical (unpaired) electrons. The Hall–Kier alpha value is -1.14. The molecule has 0 saturated heterocycles. The second-order valence-corrected chi connectivity index (χ2v) is 5.84. The van der Waals surface area contributed by atoms with Gasteiger partial charge < -0.3 is 5.73 Å². The van der Waals surface area contributed by atoms with E-state index in [1.54, 1.807) is 0 Å². The molecule has 0 heterocycles. The van der Waals surface area contributed by atoms with Crippen molar-refractivity contribution in [3.63, 3.8) is 0 Å². The van der Waals surface area contributed by atoms with E-state index in [1.807, 2.05) is 6.92 Å². The lowest BCUT2D eigenvalue weighted by Crippen LogP contribution is -2.26. The van der Waals surface area contributed by atoms with Gasteiger partial charge in [0.2, 0.25) is 10.0 Å². The number of benzene rings is 1. The number of anilines is 1. The van der Waals surface area contributed by atoms with Crippen molar-refractivity contribution in [3.8, 4) is 0 Å². The van der Waals surface area contributed by atoms with Crippen LogP contribution in [0.3, 0.4) is 0 Å². The van der Waals surface area contributed by atoms with E-state index < -0.39 is 15.8 Å². The third kappa shape index (κ3) is 2.17. The molecule has 0 bridgehead atoms. The van der Waals surface area contributed by atoms with Crippen LogP contribution >= 0.6 is 0 Å². The Balaban J connectivity index is 2.25. The summed E-state index contributed by atoms with van der Waals surface area (Å²) in [5.41, 5.74) is 5.16. The smallest absolute Gasteiger partial charge is 0.240 e. The van der Waals surface area contributed by atoms with Crippen LogP contribution in [0.5, 0.6) is 0 Å². The van der Waals surface area contributed by atoms with Gasteiger partial charge in [0.15, 0.2) is 0 Å². The van der Waals surface area contributed by atoms with Crippen LogP contribution < -0.4 is 10.5 Å². The maximum Gasteiger partial charge on any atom is 0.240 e. The van der Waals surface area contributed by atoms with Gasteiger partial charge in [-0.25, -0.2) is 17.5 Å². The van der Waals surface area contributed by atoms with Gasteiger partial charge in [0.25, 0.3) is 0 Å². The van der Waals surface area contributed by atoms with Gasteiger partial charge in [0.05, 0.1) is 10.6 Å². The lowest BCUT2D eigenvalue weighted by atomic mass is 10.3. The summed E-state index contributed by atoms with van der Waals surface area (Å²) in [5, 5.41) is 0. The van der Waals surface area contributed by atoms with E-state index >= 15 is 0 Å². The van der Waals surface area contributed by atoms with Crippen LogP contribution in [0, 0.1) is 11.7 Å². The Morgan fingerprint density at radius 3 is 2.62 bits per heavy atom. The maximum atomic E-state index is 12.9. The highest BCUT2D eigenvalue weighted by atomic mass is 32.2.